The van der Waals surface area contributed by atoms with Crippen LogP contribution in [0.2, 0.25) is 0 Å². The van der Waals surface area contributed by atoms with Gasteiger partial charge in [-0.15, -0.1) is 0 Å². The average Bonchev–Trinajstić information content (AvgIpc) is 3.46. The smallest absolute Gasteiger partial charge is 0.377 e. The lowest BCUT2D eigenvalue weighted by atomic mass is 9.85. The minimum atomic E-state index is -3.06. The number of rotatable bonds is 13. The Morgan fingerprint density at radius 3 is 2.05 bits per heavy atom. The van der Waals surface area contributed by atoms with E-state index in [1.165, 1.54) is 0 Å². The van der Waals surface area contributed by atoms with Crippen molar-refractivity contribution in [3.8, 4) is 11.5 Å². The topological polar surface area (TPSA) is 160 Å². The molecule has 12 heteroatoms. The van der Waals surface area contributed by atoms with Crippen LogP contribution in [0.3, 0.4) is 0 Å². The van der Waals surface area contributed by atoms with Gasteiger partial charge in [-0.1, -0.05) is 58.4 Å². The van der Waals surface area contributed by atoms with Gasteiger partial charge in [-0.3, -0.25) is 9.59 Å². The van der Waals surface area contributed by atoms with Gasteiger partial charge in [0.2, 0.25) is 0 Å². The molecule has 0 spiro atoms. The van der Waals surface area contributed by atoms with Gasteiger partial charge in [-0.2, -0.15) is 0 Å². The first-order chi connectivity index (χ1) is 20.5. The lowest BCUT2D eigenvalue weighted by molar-refractivity contribution is -0.218. The standard InChI is InChI=1S/C31H30BrNO10/c1-19(33(17-27(34)35)28(36)26-18-41-31(43-26,29(37)38)30(39)40)25(16-7-20-5-3-2-4-6-20)21-8-12-23(13-9-21)42-24-14-10-22(32)11-15-24/h2-6,8-15,19,25-26H,7,16-18H2,1H3,(H,34,35)(H,37,38)(H,39,40)/t19-,25+,26+/m1/s1. The van der Waals surface area contributed by atoms with Gasteiger partial charge < -0.3 is 34.4 Å². The highest BCUT2D eigenvalue weighted by molar-refractivity contribution is 9.10. The first kappa shape index (κ1) is 31.7. The Morgan fingerprint density at radius 1 is 0.930 bits per heavy atom. The molecule has 11 nitrogen and oxygen atoms in total. The molecule has 3 aromatic carbocycles. The number of carboxylic acids is 3. The van der Waals surface area contributed by atoms with Crippen LogP contribution >= 0.6 is 15.9 Å². The first-order valence-corrected chi connectivity index (χ1v) is 14.2. The van der Waals surface area contributed by atoms with Crippen LogP contribution in [0.5, 0.6) is 11.5 Å². The minimum Gasteiger partial charge on any atom is -0.480 e. The molecule has 1 aliphatic heterocycles. The first-order valence-electron chi connectivity index (χ1n) is 13.4. The number of hydrogen-bond acceptors (Lipinski definition) is 7. The van der Waals surface area contributed by atoms with Gasteiger partial charge in [-0.25, -0.2) is 9.59 Å². The lowest BCUT2D eigenvalue weighted by Gasteiger charge is -2.35. The van der Waals surface area contributed by atoms with E-state index in [4.69, 9.17) is 14.2 Å². The molecule has 43 heavy (non-hydrogen) atoms. The number of aliphatic carboxylic acids is 3. The zero-order chi connectivity index (χ0) is 31.1. The molecule has 0 aromatic heterocycles. The van der Waals surface area contributed by atoms with Crippen molar-refractivity contribution in [3.05, 3.63) is 94.5 Å². The van der Waals surface area contributed by atoms with Crippen molar-refractivity contribution >= 4 is 39.7 Å². The zero-order valence-electron chi connectivity index (χ0n) is 23.1. The normalized spacial score (nSPS) is 17.0. The predicted octanol–water partition coefficient (Wildman–Crippen LogP) is 4.54. The Hall–Kier alpha value is -4.26. The maximum absolute atomic E-state index is 13.6. The number of carbonyl (C=O) groups excluding carboxylic acids is 1. The number of carbonyl (C=O) groups is 4. The average molecular weight is 656 g/mol. The molecular weight excluding hydrogens is 626 g/mol. The molecule has 0 bridgehead atoms. The van der Waals surface area contributed by atoms with E-state index in [2.05, 4.69) is 15.9 Å². The van der Waals surface area contributed by atoms with E-state index in [9.17, 15) is 34.5 Å². The molecule has 0 saturated carbocycles. The number of nitrogens with zero attached hydrogens (tertiary/aromatic N) is 1. The number of aryl methyl sites for hydroxylation is 1. The molecule has 1 heterocycles. The van der Waals surface area contributed by atoms with E-state index in [1.54, 1.807) is 19.1 Å². The Morgan fingerprint density at radius 2 is 1.51 bits per heavy atom. The minimum absolute atomic E-state index is 0.378. The molecule has 1 amide bonds. The highest BCUT2D eigenvalue weighted by Gasteiger charge is 2.58. The highest BCUT2D eigenvalue weighted by atomic mass is 79.9. The van der Waals surface area contributed by atoms with E-state index in [1.807, 2.05) is 66.7 Å². The predicted molar refractivity (Wildman–Crippen MR) is 156 cm³/mol. The Balaban J connectivity index is 1.61. The van der Waals surface area contributed by atoms with Gasteiger partial charge >= 0.3 is 23.7 Å². The summed E-state index contributed by atoms with van der Waals surface area (Å²) in [7, 11) is 0. The molecule has 0 radical (unpaired) electrons. The zero-order valence-corrected chi connectivity index (χ0v) is 24.7. The molecule has 3 atom stereocenters. The van der Waals surface area contributed by atoms with E-state index in [0.29, 0.717) is 24.3 Å². The summed E-state index contributed by atoms with van der Waals surface area (Å²) in [6.07, 6.45) is -0.491. The summed E-state index contributed by atoms with van der Waals surface area (Å²) in [6.45, 7) is 0.302. The van der Waals surface area contributed by atoms with Crippen LogP contribution in [0.15, 0.2) is 83.3 Å². The van der Waals surface area contributed by atoms with Crippen LogP contribution < -0.4 is 4.74 Å². The van der Waals surface area contributed by atoms with Crippen LogP contribution in [0.4, 0.5) is 0 Å². The molecule has 0 unspecified atom stereocenters. The number of ether oxygens (including phenoxy) is 3. The number of benzene rings is 3. The van der Waals surface area contributed by atoms with Gasteiger partial charge in [-0.05, 0) is 67.3 Å². The fraction of sp³-hybridized carbons (Fsp3) is 0.290. The van der Waals surface area contributed by atoms with Crippen LogP contribution in [0.25, 0.3) is 0 Å². The molecule has 226 valence electrons. The van der Waals surface area contributed by atoms with Crippen molar-refractivity contribution < 1.29 is 48.7 Å². The highest BCUT2D eigenvalue weighted by Crippen LogP contribution is 2.33. The number of halogens is 1. The second-order valence-electron chi connectivity index (χ2n) is 10.0. The summed E-state index contributed by atoms with van der Waals surface area (Å²) in [4.78, 5) is 49.8. The number of hydrogen-bond donors (Lipinski definition) is 3. The largest absolute Gasteiger partial charge is 0.480 e. The van der Waals surface area contributed by atoms with Crippen LogP contribution in [-0.2, 0) is 35.1 Å². The van der Waals surface area contributed by atoms with Crippen molar-refractivity contribution in [2.75, 3.05) is 13.2 Å². The van der Waals surface area contributed by atoms with Crippen molar-refractivity contribution in [2.24, 2.45) is 0 Å². The van der Waals surface area contributed by atoms with Crippen molar-refractivity contribution in [3.63, 3.8) is 0 Å². The van der Waals surface area contributed by atoms with Crippen LogP contribution in [0.1, 0.15) is 30.4 Å². The fourth-order valence-electron chi connectivity index (χ4n) is 4.94. The summed E-state index contributed by atoms with van der Waals surface area (Å²) < 4.78 is 16.9. The van der Waals surface area contributed by atoms with Crippen molar-refractivity contribution in [2.45, 2.75) is 43.6 Å². The molecule has 4 rings (SSSR count). The maximum Gasteiger partial charge on any atom is 0.377 e. The van der Waals surface area contributed by atoms with Gasteiger partial charge in [0.05, 0.1) is 6.61 Å². The van der Waals surface area contributed by atoms with Gasteiger partial charge in [0, 0.05) is 16.4 Å². The van der Waals surface area contributed by atoms with Gasteiger partial charge in [0.15, 0.2) is 6.10 Å². The maximum atomic E-state index is 13.6. The molecule has 3 N–H and O–H groups in total. The van der Waals surface area contributed by atoms with Crippen molar-refractivity contribution in [1.29, 1.82) is 0 Å². The third-order valence-electron chi connectivity index (χ3n) is 7.19. The van der Waals surface area contributed by atoms with Crippen LogP contribution in [0, 0.1) is 0 Å². The van der Waals surface area contributed by atoms with Crippen LogP contribution in [-0.4, -0.2) is 75.1 Å². The van der Waals surface area contributed by atoms with E-state index < -0.39 is 54.9 Å². The third kappa shape index (κ3) is 7.58. The third-order valence-corrected chi connectivity index (χ3v) is 7.72. The molecule has 1 fully saturated rings. The van der Waals surface area contributed by atoms with Crippen molar-refractivity contribution in [1.82, 2.24) is 4.90 Å². The SMILES string of the molecule is C[C@H]([C@H](CCc1ccccc1)c1ccc(Oc2ccc(Br)cc2)cc1)N(CC(=O)O)C(=O)[C@@H]1COC(C(=O)O)(C(=O)O)O1. The Labute approximate surface area is 255 Å². The molecule has 1 aliphatic rings. The molecule has 1 saturated heterocycles. The Kier molecular flexibility index (Phi) is 10.2. The summed E-state index contributed by atoms with van der Waals surface area (Å²) >= 11 is 3.39. The van der Waals surface area contributed by atoms with Gasteiger partial charge in [0.25, 0.3) is 5.91 Å². The summed E-state index contributed by atoms with van der Waals surface area (Å²) in [5.74, 6) is -8.28. The summed E-state index contributed by atoms with van der Waals surface area (Å²) in [6, 6.07) is 23.5. The summed E-state index contributed by atoms with van der Waals surface area (Å²) in [5.41, 5.74) is 1.86. The van der Waals surface area contributed by atoms with E-state index >= 15 is 0 Å². The molecular formula is C31H30BrNO10. The van der Waals surface area contributed by atoms with E-state index in [0.717, 1.165) is 20.5 Å². The second-order valence-corrected chi connectivity index (χ2v) is 10.9. The monoisotopic (exact) mass is 655 g/mol. The van der Waals surface area contributed by atoms with E-state index in [-0.39, 0.29) is 5.92 Å². The second kappa shape index (κ2) is 13.8. The molecule has 3 aromatic rings. The number of carboxylic acid groups (broad SMARTS) is 3. The van der Waals surface area contributed by atoms with Gasteiger partial charge in [0.1, 0.15) is 18.0 Å². The summed E-state index contributed by atoms with van der Waals surface area (Å²) in [5, 5.41) is 28.5. The molecule has 0 aliphatic carbocycles. The quantitative estimate of drug-likeness (QED) is 0.223. The lowest BCUT2D eigenvalue weighted by Crippen LogP contribution is -2.52. The fourth-order valence-corrected chi connectivity index (χ4v) is 5.21. The Bertz CT molecular complexity index is 1430. The number of amides is 1.